The van der Waals surface area contributed by atoms with Gasteiger partial charge < -0.3 is 18.9 Å². The van der Waals surface area contributed by atoms with E-state index < -0.39 is 10.8 Å². The minimum absolute atomic E-state index is 0.469. The first kappa shape index (κ1) is 39.2. The van der Waals surface area contributed by atoms with Crippen molar-refractivity contribution in [2.24, 2.45) is 0 Å². The fourth-order valence-electron chi connectivity index (χ4n) is 8.32. The minimum Gasteiger partial charge on any atom is -0.497 e. The Labute approximate surface area is 374 Å². The van der Waals surface area contributed by atoms with E-state index in [1.54, 1.807) is 28.4 Å². The summed E-state index contributed by atoms with van der Waals surface area (Å²) in [5.41, 5.74) is 1.36. The Hall–Kier alpha value is -4.94. The van der Waals surface area contributed by atoms with Crippen LogP contribution in [0.25, 0.3) is 36.5 Å². The molecule has 0 spiro atoms. The Kier molecular flexibility index (Phi) is 10.6. The molecule has 2 atom stereocenters. The Morgan fingerprint density at radius 3 is 0.733 bits per heavy atom. The van der Waals surface area contributed by atoms with Gasteiger partial charge in [-0.25, -0.2) is 0 Å². The third kappa shape index (κ3) is 7.13. The number of benzene rings is 2. The predicted octanol–water partition coefficient (Wildman–Crippen LogP) is 14.4. The SMILES string of the molecule is COc1cc(CC23c4ccc(s4)C=Cc4ccc(s4)C(Cc4cc(OC)cc(OC)c4)(c4ccc(s4)/C=C\c4ccc2s4)c2ccc(s2)/C=C/c2ccc3s2)cc(OC)c1. The lowest BCUT2D eigenvalue weighted by molar-refractivity contribution is 0.392. The molecule has 14 bridgehead atoms. The normalized spacial score (nSPS) is 18.8. The van der Waals surface area contributed by atoms with E-state index in [0.29, 0.717) is 0 Å². The Morgan fingerprint density at radius 1 is 0.317 bits per heavy atom. The maximum absolute atomic E-state index is 5.81. The van der Waals surface area contributed by atoms with Gasteiger partial charge in [-0.15, -0.1) is 68.0 Å². The number of methoxy groups -OCH3 is 4. The number of ether oxygens (including phenoxy) is 4. The van der Waals surface area contributed by atoms with Gasteiger partial charge >= 0.3 is 0 Å². The molecule has 0 saturated carbocycles. The molecule has 3 aliphatic rings. The summed E-state index contributed by atoms with van der Waals surface area (Å²) in [5, 5.41) is 0. The molecule has 0 amide bonds. The molecule has 10 heteroatoms. The molecule has 0 aliphatic carbocycles. The average molecular weight is 897 g/mol. The lowest BCUT2D eigenvalue weighted by atomic mass is 9.77. The van der Waals surface area contributed by atoms with Crippen molar-refractivity contribution < 1.29 is 18.9 Å². The largest absolute Gasteiger partial charge is 0.497 e. The monoisotopic (exact) mass is 896 g/mol. The van der Waals surface area contributed by atoms with Crippen molar-refractivity contribution in [3.63, 3.8) is 0 Å². The van der Waals surface area contributed by atoms with E-state index >= 15 is 0 Å². The summed E-state index contributed by atoms with van der Waals surface area (Å²) in [4.78, 5) is 15.1. The van der Waals surface area contributed by atoms with Gasteiger partial charge in [0.05, 0.1) is 39.3 Å². The first-order chi connectivity index (χ1) is 29.4. The van der Waals surface area contributed by atoms with Gasteiger partial charge in [0.2, 0.25) is 0 Å². The Morgan fingerprint density at radius 2 is 0.533 bits per heavy atom. The van der Waals surface area contributed by atoms with Gasteiger partial charge in [0.25, 0.3) is 0 Å². The molecular formula is C50H40O4S6. The van der Waals surface area contributed by atoms with Gasteiger partial charge in [-0.1, -0.05) is 0 Å². The first-order valence-electron chi connectivity index (χ1n) is 19.5. The van der Waals surface area contributed by atoms with E-state index in [4.69, 9.17) is 18.9 Å². The van der Waals surface area contributed by atoms with Crippen molar-refractivity contribution in [1.29, 1.82) is 0 Å². The fourth-order valence-corrected chi connectivity index (χ4v) is 15.5. The summed E-state index contributed by atoms with van der Waals surface area (Å²) in [6.45, 7) is 0. The third-order valence-electron chi connectivity index (χ3n) is 11.3. The van der Waals surface area contributed by atoms with Gasteiger partial charge in [0.15, 0.2) is 0 Å². The molecule has 6 aromatic heterocycles. The van der Waals surface area contributed by atoms with Crippen LogP contribution in [0.1, 0.15) is 69.7 Å². The molecule has 11 rings (SSSR count). The van der Waals surface area contributed by atoms with Crippen molar-refractivity contribution in [2.45, 2.75) is 23.7 Å². The maximum Gasteiger partial charge on any atom is 0.122 e. The second-order valence-corrected chi connectivity index (χ2v) is 21.5. The highest BCUT2D eigenvalue weighted by molar-refractivity contribution is 7.18. The zero-order valence-corrected chi connectivity index (χ0v) is 38.3. The van der Waals surface area contributed by atoms with Crippen LogP contribution in [0.4, 0.5) is 0 Å². The summed E-state index contributed by atoms with van der Waals surface area (Å²) < 4.78 is 23.2. The Balaban J connectivity index is 1.25. The standard InChI is InChI=1S/C50H40O4S6/c1-51-33-23-31(24-34(27-33)52-2)29-49-43-17-11-37(55-43)5-8-40-14-20-46(58-40)50(30-32-25-35(53-3)28-36(26-32)54-4,47-21-15-41(59-47)9-6-38-12-18-44(49)56-38)48-22-16-42(60-48)10-7-39-13-19-45(49)57-39/h5-28H,29-30H2,1-4H3/b8-5-,9-6+,10-7?. The maximum atomic E-state index is 5.81. The average Bonchev–Trinajstić information content (AvgIpc) is 4.14. The first-order valence-corrected chi connectivity index (χ1v) is 24.4. The van der Waals surface area contributed by atoms with Crippen molar-refractivity contribution in [3.05, 3.63) is 179 Å². The van der Waals surface area contributed by atoms with E-state index in [1.807, 2.05) is 80.2 Å². The molecule has 8 aromatic rings. The highest BCUT2D eigenvalue weighted by atomic mass is 32.1. The fraction of sp³-hybridized carbons (Fsp3) is 0.160. The summed E-state index contributed by atoms with van der Waals surface area (Å²) >= 11 is 11.2. The summed E-state index contributed by atoms with van der Waals surface area (Å²) in [5.74, 6) is 3.14. The molecule has 2 unspecified atom stereocenters. The number of rotatable bonds is 8. The van der Waals surface area contributed by atoms with Gasteiger partial charge in [0.1, 0.15) is 23.0 Å². The molecule has 0 radical (unpaired) electrons. The second kappa shape index (κ2) is 16.2. The molecule has 0 fully saturated rings. The van der Waals surface area contributed by atoms with Crippen LogP contribution < -0.4 is 18.9 Å². The molecule has 4 nitrogen and oxygen atoms in total. The van der Waals surface area contributed by atoms with Crippen LogP contribution >= 0.6 is 68.0 Å². The summed E-state index contributed by atoms with van der Waals surface area (Å²) in [7, 11) is 6.89. The van der Waals surface area contributed by atoms with Crippen LogP contribution in [0.3, 0.4) is 0 Å². The third-order valence-corrected chi connectivity index (χ3v) is 18.6. The molecular weight excluding hydrogens is 857 g/mol. The van der Waals surface area contributed by atoms with Crippen LogP contribution in [-0.2, 0) is 23.7 Å². The quantitative estimate of drug-likeness (QED) is 0.152. The van der Waals surface area contributed by atoms with Gasteiger partial charge in [0, 0.05) is 70.7 Å². The zero-order valence-electron chi connectivity index (χ0n) is 33.4. The summed E-state index contributed by atoms with van der Waals surface area (Å²) in [6, 6.07) is 40.4. The van der Waals surface area contributed by atoms with Crippen LogP contribution in [0.2, 0.25) is 0 Å². The van der Waals surface area contributed by atoms with E-state index in [9.17, 15) is 0 Å². The van der Waals surface area contributed by atoms with Gasteiger partial charge in [-0.3, -0.25) is 0 Å². The van der Waals surface area contributed by atoms with E-state index in [1.165, 1.54) is 58.5 Å². The molecule has 2 aromatic carbocycles. The molecule has 0 N–H and O–H groups in total. The van der Waals surface area contributed by atoms with E-state index in [0.717, 1.165) is 47.0 Å². The van der Waals surface area contributed by atoms with Crippen molar-refractivity contribution in [1.82, 2.24) is 0 Å². The van der Waals surface area contributed by atoms with Crippen molar-refractivity contribution in [2.75, 3.05) is 28.4 Å². The van der Waals surface area contributed by atoms with Crippen molar-refractivity contribution >= 4 is 104 Å². The molecule has 300 valence electrons. The topological polar surface area (TPSA) is 36.9 Å². The number of hydrogen-bond donors (Lipinski definition) is 0. The van der Waals surface area contributed by atoms with Gasteiger partial charge in [-0.05, 0) is 157 Å². The predicted molar refractivity (Wildman–Crippen MR) is 259 cm³/mol. The van der Waals surface area contributed by atoms with Gasteiger partial charge in [-0.2, -0.15) is 0 Å². The Bertz CT molecular complexity index is 2460. The lowest BCUT2D eigenvalue weighted by Gasteiger charge is -2.32. The minimum atomic E-state index is -0.469. The highest BCUT2D eigenvalue weighted by Crippen LogP contribution is 2.53. The second-order valence-electron chi connectivity index (χ2n) is 14.8. The number of hydrogen-bond acceptors (Lipinski definition) is 10. The summed E-state index contributed by atoms with van der Waals surface area (Å²) in [6.07, 6.45) is 15.2. The smallest absolute Gasteiger partial charge is 0.122 e. The van der Waals surface area contributed by atoms with Crippen LogP contribution in [0.5, 0.6) is 23.0 Å². The van der Waals surface area contributed by atoms with Crippen LogP contribution in [0, 0.1) is 0 Å². The number of thiophene rings is 6. The lowest BCUT2D eigenvalue weighted by Crippen LogP contribution is -2.29. The molecule has 3 aliphatic heterocycles. The van der Waals surface area contributed by atoms with Crippen LogP contribution in [0.15, 0.2) is 109 Å². The zero-order chi connectivity index (χ0) is 40.8. The highest BCUT2D eigenvalue weighted by Gasteiger charge is 2.43. The molecule has 60 heavy (non-hydrogen) atoms. The van der Waals surface area contributed by atoms with E-state index in [-0.39, 0.29) is 0 Å². The van der Waals surface area contributed by atoms with Crippen LogP contribution in [-0.4, -0.2) is 28.4 Å². The van der Waals surface area contributed by atoms with E-state index in [2.05, 4.69) is 134 Å². The van der Waals surface area contributed by atoms with Crippen molar-refractivity contribution in [3.8, 4) is 23.0 Å². The molecule has 9 heterocycles. The molecule has 0 saturated heterocycles.